The van der Waals surface area contributed by atoms with Crippen molar-refractivity contribution in [2.45, 2.75) is 12.8 Å². The van der Waals surface area contributed by atoms with E-state index < -0.39 is 17.8 Å². The SMILES string of the molecule is COC=CC(=O)O.NC(=O)CCC(=O)NO. The molecule has 0 radical (unpaired) electrons. The topological polar surface area (TPSA) is 139 Å². The van der Waals surface area contributed by atoms with Crippen LogP contribution >= 0.6 is 0 Å². The first-order valence-corrected chi connectivity index (χ1v) is 4.07. The lowest BCUT2D eigenvalue weighted by Gasteiger charge is -1.92. The Kier molecular flexibility index (Phi) is 11.2. The van der Waals surface area contributed by atoms with Crippen molar-refractivity contribution in [1.82, 2.24) is 5.48 Å². The monoisotopic (exact) mass is 234 g/mol. The molecule has 0 rings (SSSR count). The molecule has 0 aromatic rings. The minimum atomic E-state index is -0.998. The first kappa shape index (κ1) is 16.3. The highest BCUT2D eigenvalue weighted by molar-refractivity contribution is 5.82. The molecule has 0 unspecified atom stereocenters. The van der Waals surface area contributed by atoms with E-state index in [0.29, 0.717) is 0 Å². The van der Waals surface area contributed by atoms with Crippen LogP contribution < -0.4 is 11.2 Å². The average molecular weight is 234 g/mol. The lowest BCUT2D eigenvalue weighted by molar-refractivity contribution is -0.131. The third-order valence-electron chi connectivity index (χ3n) is 1.07. The zero-order valence-corrected chi connectivity index (χ0v) is 8.67. The highest BCUT2D eigenvalue weighted by atomic mass is 16.5. The highest BCUT2D eigenvalue weighted by Crippen LogP contribution is 1.84. The van der Waals surface area contributed by atoms with Gasteiger partial charge >= 0.3 is 5.97 Å². The zero-order chi connectivity index (χ0) is 13.0. The van der Waals surface area contributed by atoms with Gasteiger partial charge in [0.05, 0.1) is 19.4 Å². The number of rotatable bonds is 5. The maximum absolute atomic E-state index is 10.1. The molecule has 5 N–H and O–H groups in total. The van der Waals surface area contributed by atoms with Crippen molar-refractivity contribution in [3.63, 3.8) is 0 Å². The van der Waals surface area contributed by atoms with Gasteiger partial charge in [-0.05, 0) is 0 Å². The van der Waals surface area contributed by atoms with Crippen LogP contribution in [0.4, 0.5) is 0 Å². The fraction of sp³-hybridized carbons (Fsp3) is 0.375. The van der Waals surface area contributed by atoms with E-state index in [2.05, 4.69) is 4.74 Å². The molecule has 8 heteroatoms. The number of amides is 2. The molecule has 0 heterocycles. The molecular formula is C8H14N2O6. The molecule has 0 bridgehead atoms. The van der Waals surface area contributed by atoms with Gasteiger partial charge in [-0.25, -0.2) is 10.3 Å². The number of carboxylic acids is 1. The number of nitrogens with two attached hydrogens (primary N) is 1. The molecule has 0 atom stereocenters. The van der Waals surface area contributed by atoms with Gasteiger partial charge in [0.15, 0.2) is 0 Å². The van der Waals surface area contributed by atoms with Gasteiger partial charge in [0.25, 0.3) is 0 Å². The molecule has 0 saturated carbocycles. The second kappa shape index (κ2) is 11.0. The summed E-state index contributed by atoms with van der Waals surface area (Å²) < 4.78 is 4.29. The lowest BCUT2D eigenvalue weighted by atomic mass is 10.3. The molecule has 0 aliphatic rings. The molecule has 2 amide bonds. The number of hydrogen-bond acceptors (Lipinski definition) is 5. The summed E-state index contributed by atoms with van der Waals surface area (Å²) in [5.41, 5.74) is 6.07. The van der Waals surface area contributed by atoms with Crippen LogP contribution in [0.1, 0.15) is 12.8 Å². The fourth-order valence-electron chi connectivity index (χ4n) is 0.419. The van der Waals surface area contributed by atoms with Crippen molar-refractivity contribution < 1.29 is 29.4 Å². The van der Waals surface area contributed by atoms with Crippen molar-refractivity contribution in [3.05, 3.63) is 12.3 Å². The summed E-state index contributed by atoms with van der Waals surface area (Å²) in [5, 5.41) is 15.8. The second-order valence-electron chi connectivity index (χ2n) is 2.38. The number of hydrogen-bond donors (Lipinski definition) is 4. The third kappa shape index (κ3) is 17.9. The minimum absolute atomic E-state index is 0.0353. The Morgan fingerprint density at radius 2 is 1.94 bits per heavy atom. The van der Waals surface area contributed by atoms with E-state index in [1.54, 1.807) is 0 Å². The van der Waals surface area contributed by atoms with Gasteiger partial charge in [-0.15, -0.1) is 0 Å². The molecule has 0 aromatic heterocycles. The Hall–Kier alpha value is -2.09. The smallest absolute Gasteiger partial charge is 0.331 e. The molecule has 8 nitrogen and oxygen atoms in total. The van der Waals surface area contributed by atoms with Crippen LogP contribution in [0.3, 0.4) is 0 Å². The summed E-state index contributed by atoms with van der Waals surface area (Å²) in [5.74, 6) is -2.16. The van der Waals surface area contributed by atoms with Gasteiger partial charge in [-0.3, -0.25) is 14.8 Å². The molecule has 0 fully saturated rings. The summed E-state index contributed by atoms with van der Waals surface area (Å²) in [7, 11) is 1.39. The number of nitrogens with one attached hydrogen (secondary N) is 1. The van der Waals surface area contributed by atoms with Gasteiger partial charge in [0, 0.05) is 12.8 Å². The maximum atomic E-state index is 10.1. The van der Waals surface area contributed by atoms with Gasteiger partial charge in [-0.2, -0.15) is 0 Å². The summed E-state index contributed by atoms with van der Waals surface area (Å²) in [4.78, 5) is 29.7. The van der Waals surface area contributed by atoms with E-state index in [1.165, 1.54) is 12.6 Å². The summed E-state index contributed by atoms with van der Waals surface area (Å²) in [6.07, 6.45) is 1.92. The first-order chi connectivity index (χ1) is 7.43. The Bertz CT molecular complexity index is 263. The summed E-state index contributed by atoms with van der Waals surface area (Å²) >= 11 is 0. The lowest BCUT2D eigenvalue weighted by Crippen LogP contribution is -2.21. The van der Waals surface area contributed by atoms with Crippen molar-refractivity contribution in [1.29, 1.82) is 0 Å². The Morgan fingerprint density at radius 1 is 1.38 bits per heavy atom. The molecule has 16 heavy (non-hydrogen) atoms. The zero-order valence-electron chi connectivity index (χ0n) is 8.67. The van der Waals surface area contributed by atoms with E-state index in [0.717, 1.165) is 12.3 Å². The Labute approximate surface area is 91.6 Å². The van der Waals surface area contributed by atoms with Crippen LogP contribution in [0.2, 0.25) is 0 Å². The number of carboxylic acid groups (broad SMARTS) is 1. The van der Waals surface area contributed by atoms with E-state index >= 15 is 0 Å². The van der Waals surface area contributed by atoms with Gasteiger partial charge in [-0.1, -0.05) is 0 Å². The first-order valence-electron chi connectivity index (χ1n) is 4.07. The standard InChI is InChI=1S/C4H8N2O3.C4H6O3/c5-3(7)1-2-4(8)6-9;1-7-3-2-4(5)6/h9H,1-2H2,(H2,5,7)(H,6,8);2-3H,1H3,(H,5,6). The predicted octanol–water partition coefficient (Wildman–Crippen LogP) is -1.01. The number of primary amides is 1. The quantitative estimate of drug-likeness (QED) is 0.208. The van der Waals surface area contributed by atoms with Crippen molar-refractivity contribution in [2.75, 3.05) is 7.11 Å². The van der Waals surface area contributed by atoms with Crippen molar-refractivity contribution in [2.24, 2.45) is 5.73 Å². The van der Waals surface area contributed by atoms with Gasteiger partial charge in [0.1, 0.15) is 0 Å². The maximum Gasteiger partial charge on any atom is 0.331 e. The van der Waals surface area contributed by atoms with E-state index in [-0.39, 0.29) is 12.8 Å². The summed E-state index contributed by atoms with van der Waals surface area (Å²) in [6, 6.07) is 0. The van der Waals surface area contributed by atoms with E-state index in [9.17, 15) is 14.4 Å². The third-order valence-corrected chi connectivity index (χ3v) is 1.07. The van der Waals surface area contributed by atoms with Crippen molar-refractivity contribution in [3.8, 4) is 0 Å². The molecule has 0 saturated heterocycles. The molecule has 0 aliphatic heterocycles. The number of hydroxylamine groups is 1. The molecule has 0 spiro atoms. The van der Waals surface area contributed by atoms with E-state index in [4.69, 9.17) is 16.0 Å². The number of methoxy groups -OCH3 is 1. The van der Waals surface area contributed by atoms with Crippen LogP contribution in [0.15, 0.2) is 12.3 Å². The van der Waals surface area contributed by atoms with Gasteiger partial charge < -0.3 is 15.6 Å². The van der Waals surface area contributed by atoms with Crippen LogP contribution in [0, 0.1) is 0 Å². The highest BCUT2D eigenvalue weighted by Gasteiger charge is 2.00. The fourth-order valence-corrected chi connectivity index (χ4v) is 0.419. The second-order valence-corrected chi connectivity index (χ2v) is 2.38. The molecular weight excluding hydrogens is 220 g/mol. The minimum Gasteiger partial charge on any atom is -0.504 e. The largest absolute Gasteiger partial charge is 0.504 e. The number of carbonyl (C=O) groups excluding carboxylic acids is 2. The molecule has 0 aromatic carbocycles. The van der Waals surface area contributed by atoms with Crippen LogP contribution in [0.5, 0.6) is 0 Å². The average Bonchev–Trinajstić information content (AvgIpc) is 2.23. The normalized spacial score (nSPS) is 8.88. The van der Waals surface area contributed by atoms with Crippen molar-refractivity contribution >= 4 is 17.8 Å². The van der Waals surface area contributed by atoms with Crippen LogP contribution in [-0.4, -0.2) is 35.2 Å². The number of ether oxygens (including phenoxy) is 1. The molecule has 0 aliphatic carbocycles. The predicted molar refractivity (Wildman–Crippen MR) is 52.1 cm³/mol. The van der Waals surface area contributed by atoms with Crippen LogP contribution in [-0.2, 0) is 19.1 Å². The summed E-state index contributed by atoms with van der Waals surface area (Å²) in [6.45, 7) is 0. The number of carbonyl (C=O) groups is 3. The molecule has 92 valence electrons. The van der Waals surface area contributed by atoms with E-state index in [1.807, 2.05) is 0 Å². The van der Waals surface area contributed by atoms with Gasteiger partial charge in [0.2, 0.25) is 11.8 Å². The number of aliphatic carboxylic acids is 1. The Balaban J connectivity index is 0. The Morgan fingerprint density at radius 3 is 2.19 bits per heavy atom. The van der Waals surface area contributed by atoms with Crippen LogP contribution in [0.25, 0.3) is 0 Å².